The molecule has 3 nitrogen and oxygen atoms in total. The minimum atomic E-state index is -0.109. The number of rotatable bonds is 1. The van der Waals surface area contributed by atoms with Gasteiger partial charge in [0.1, 0.15) is 17.4 Å². The van der Waals surface area contributed by atoms with Crippen molar-refractivity contribution in [1.29, 1.82) is 5.26 Å². The van der Waals surface area contributed by atoms with Gasteiger partial charge in [0.25, 0.3) is 0 Å². The van der Waals surface area contributed by atoms with Crippen molar-refractivity contribution in [1.82, 2.24) is 0 Å². The summed E-state index contributed by atoms with van der Waals surface area (Å²) in [4.78, 5) is 12.0. The monoisotopic (exact) mass is 206 g/mol. The zero-order valence-corrected chi connectivity index (χ0v) is 8.43. The summed E-state index contributed by atoms with van der Waals surface area (Å²) >= 11 is 1.46. The molecule has 1 heterocycles. The van der Waals surface area contributed by atoms with E-state index >= 15 is 0 Å². The molecule has 72 valence electrons. The Hall–Kier alpha value is -1.34. The third-order valence-electron chi connectivity index (χ3n) is 2.62. The number of hydrogen-bond acceptors (Lipinski definition) is 4. The van der Waals surface area contributed by atoms with Crippen LogP contribution in [0.5, 0.6) is 0 Å². The number of anilines is 1. The molecular weight excluding hydrogens is 196 g/mol. The third-order valence-corrected chi connectivity index (χ3v) is 3.71. The van der Waals surface area contributed by atoms with Crippen LogP contribution in [0.1, 0.15) is 34.8 Å². The van der Waals surface area contributed by atoms with E-state index in [4.69, 9.17) is 11.0 Å². The molecule has 0 fully saturated rings. The van der Waals surface area contributed by atoms with E-state index in [9.17, 15) is 4.79 Å². The van der Waals surface area contributed by atoms with E-state index in [2.05, 4.69) is 6.07 Å². The minimum Gasteiger partial charge on any atom is -0.389 e. The van der Waals surface area contributed by atoms with Crippen molar-refractivity contribution in [3.8, 4) is 6.07 Å². The van der Waals surface area contributed by atoms with Gasteiger partial charge in [-0.15, -0.1) is 11.3 Å². The van der Waals surface area contributed by atoms with Crippen molar-refractivity contribution in [2.45, 2.75) is 25.2 Å². The van der Waals surface area contributed by atoms with Crippen LogP contribution in [0.25, 0.3) is 0 Å². The Labute approximate surface area is 86.1 Å². The molecule has 0 bridgehead atoms. The average Bonchev–Trinajstić information content (AvgIpc) is 2.52. The summed E-state index contributed by atoms with van der Waals surface area (Å²) < 4.78 is 0. The second-order valence-electron chi connectivity index (χ2n) is 3.42. The fourth-order valence-electron chi connectivity index (χ4n) is 1.97. The van der Waals surface area contributed by atoms with E-state index in [-0.39, 0.29) is 5.92 Å². The van der Waals surface area contributed by atoms with Crippen LogP contribution in [-0.2, 0) is 11.2 Å². The number of carbonyl (C=O) groups excluding carboxylic acids is 1. The van der Waals surface area contributed by atoms with Crippen molar-refractivity contribution in [2.75, 3.05) is 5.73 Å². The highest BCUT2D eigenvalue weighted by Crippen LogP contribution is 2.40. The summed E-state index contributed by atoms with van der Waals surface area (Å²) in [6, 6.07) is 2.09. The summed E-state index contributed by atoms with van der Waals surface area (Å²) in [5, 5.41) is 9.50. The van der Waals surface area contributed by atoms with Crippen molar-refractivity contribution < 1.29 is 4.79 Å². The van der Waals surface area contributed by atoms with Crippen LogP contribution in [0, 0.1) is 11.3 Å². The Morgan fingerprint density at radius 2 is 2.43 bits per heavy atom. The zero-order valence-electron chi connectivity index (χ0n) is 7.62. The second kappa shape index (κ2) is 3.43. The Balaban J connectivity index is 2.60. The molecular formula is C10H10N2OS. The summed E-state index contributed by atoms with van der Waals surface area (Å²) in [5.74, 6) is -0.109. The molecule has 0 saturated heterocycles. The third kappa shape index (κ3) is 1.21. The van der Waals surface area contributed by atoms with Crippen LogP contribution in [0.15, 0.2) is 0 Å². The number of nitrogens with two attached hydrogens (primary N) is 1. The van der Waals surface area contributed by atoms with Gasteiger partial charge in [0, 0.05) is 10.8 Å². The van der Waals surface area contributed by atoms with Gasteiger partial charge in [-0.3, -0.25) is 0 Å². The number of thiophene rings is 1. The van der Waals surface area contributed by atoms with Gasteiger partial charge in [-0.05, 0) is 24.8 Å². The van der Waals surface area contributed by atoms with Gasteiger partial charge in [0.2, 0.25) is 0 Å². The molecule has 1 aromatic rings. The van der Waals surface area contributed by atoms with Gasteiger partial charge < -0.3 is 10.5 Å². The Morgan fingerprint density at radius 1 is 1.64 bits per heavy atom. The summed E-state index contributed by atoms with van der Waals surface area (Å²) in [7, 11) is 0. The molecule has 14 heavy (non-hydrogen) atoms. The predicted octanol–water partition coefficient (Wildman–Crippen LogP) is 1.82. The van der Waals surface area contributed by atoms with Crippen LogP contribution in [0.2, 0.25) is 0 Å². The van der Waals surface area contributed by atoms with Crippen molar-refractivity contribution in [3.05, 3.63) is 16.0 Å². The standard InChI is InChI=1S/C10H10N2OS/c11-4-7-9-6(5-13)2-1-3-8(9)14-10(7)12/h5-6H,1-3,12H2/t6-/m1/s1. The molecule has 0 radical (unpaired) electrons. The van der Waals surface area contributed by atoms with Gasteiger partial charge >= 0.3 is 0 Å². The quantitative estimate of drug-likeness (QED) is 0.713. The maximum absolute atomic E-state index is 10.9. The SMILES string of the molecule is N#Cc1c(N)sc2c1[C@@H](C=O)CCC2. The van der Waals surface area contributed by atoms with E-state index in [1.54, 1.807) is 0 Å². The van der Waals surface area contributed by atoms with E-state index in [0.717, 1.165) is 36.0 Å². The van der Waals surface area contributed by atoms with Crippen LogP contribution < -0.4 is 5.73 Å². The number of nitrogen functional groups attached to an aromatic ring is 1. The van der Waals surface area contributed by atoms with Gasteiger partial charge in [0.15, 0.2) is 0 Å². The normalized spacial score (nSPS) is 19.8. The molecule has 2 N–H and O–H groups in total. The van der Waals surface area contributed by atoms with E-state index < -0.39 is 0 Å². The molecule has 1 aliphatic carbocycles. The molecule has 0 unspecified atom stereocenters. The van der Waals surface area contributed by atoms with Crippen LogP contribution in [0.3, 0.4) is 0 Å². The topological polar surface area (TPSA) is 66.9 Å². The number of nitrogens with zero attached hydrogens (tertiary/aromatic N) is 1. The van der Waals surface area contributed by atoms with Gasteiger partial charge in [-0.2, -0.15) is 5.26 Å². The lowest BCUT2D eigenvalue weighted by Crippen LogP contribution is -2.09. The van der Waals surface area contributed by atoms with Crippen molar-refractivity contribution >= 4 is 22.6 Å². The lowest BCUT2D eigenvalue weighted by Gasteiger charge is -2.17. The predicted molar refractivity (Wildman–Crippen MR) is 55.2 cm³/mol. The fraction of sp³-hybridized carbons (Fsp3) is 0.400. The molecule has 0 saturated carbocycles. The molecule has 1 atom stereocenters. The summed E-state index contributed by atoms with van der Waals surface area (Å²) in [6.45, 7) is 0. The first-order valence-corrected chi connectivity index (χ1v) is 5.36. The average molecular weight is 206 g/mol. The lowest BCUT2D eigenvalue weighted by atomic mass is 9.86. The van der Waals surface area contributed by atoms with E-state index in [1.165, 1.54) is 11.3 Å². The first kappa shape index (κ1) is 9.22. The Morgan fingerprint density at radius 3 is 3.07 bits per heavy atom. The number of fused-ring (bicyclic) bond motifs is 1. The fourth-order valence-corrected chi connectivity index (χ4v) is 3.10. The number of hydrogen-bond donors (Lipinski definition) is 1. The maximum atomic E-state index is 10.9. The highest BCUT2D eigenvalue weighted by Gasteiger charge is 2.26. The molecule has 0 aromatic carbocycles. The molecule has 4 heteroatoms. The van der Waals surface area contributed by atoms with Crippen molar-refractivity contribution in [3.63, 3.8) is 0 Å². The Bertz CT molecular complexity index is 416. The Kier molecular flexibility index (Phi) is 2.26. The van der Waals surface area contributed by atoms with Crippen molar-refractivity contribution in [2.24, 2.45) is 0 Å². The molecule has 0 amide bonds. The number of aldehydes is 1. The zero-order chi connectivity index (χ0) is 10.1. The molecule has 2 rings (SSSR count). The number of carbonyl (C=O) groups is 1. The lowest BCUT2D eigenvalue weighted by molar-refractivity contribution is -0.109. The molecule has 0 aliphatic heterocycles. The van der Waals surface area contributed by atoms with Crippen LogP contribution in [-0.4, -0.2) is 6.29 Å². The van der Waals surface area contributed by atoms with Gasteiger partial charge in [-0.1, -0.05) is 0 Å². The first-order valence-electron chi connectivity index (χ1n) is 4.54. The van der Waals surface area contributed by atoms with E-state index in [0.29, 0.717) is 10.6 Å². The van der Waals surface area contributed by atoms with Gasteiger partial charge in [-0.25, -0.2) is 0 Å². The number of nitriles is 1. The summed E-state index contributed by atoms with van der Waals surface area (Å²) in [5.41, 5.74) is 7.16. The maximum Gasteiger partial charge on any atom is 0.127 e. The minimum absolute atomic E-state index is 0.109. The number of aryl methyl sites for hydroxylation is 1. The highest BCUT2D eigenvalue weighted by molar-refractivity contribution is 7.16. The van der Waals surface area contributed by atoms with Crippen LogP contribution >= 0.6 is 11.3 Å². The largest absolute Gasteiger partial charge is 0.389 e. The second-order valence-corrected chi connectivity index (χ2v) is 4.56. The molecule has 0 spiro atoms. The smallest absolute Gasteiger partial charge is 0.127 e. The first-order chi connectivity index (χ1) is 6.77. The van der Waals surface area contributed by atoms with Gasteiger partial charge in [0.05, 0.1) is 5.56 Å². The summed E-state index contributed by atoms with van der Waals surface area (Å²) in [6.07, 6.45) is 3.75. The molecule has 1 aliphatic rings. The van der Waals surface area contributed by atoms with Crippen LogP contribution in [0.4, 0.5) is 5.00 Å². The highest BCUT2D eigenvalue weighted by atomic mass is 32.1. The van der Waals surface area contributed by atoms with E-state index in [1.807, 2.05) is 0 Å². The molecule has 1 aromatic heterocycles.